The van der Waals surface area contributed by atoms with Gasteiger partial charge in [0.1, 0.15) is 0 Å². The van der Waals surface area contributed by atoms with Crippen molar-refractivity contribution in [3.05, 3.63) is 0 Å². The minimum atomic E-state index is 1.11. The molecule has 3 nitrogen and oxygen atoms in total. The van der Waals surface area contributed by atoms with Gasteiger partial charge in [0.2, 0.25) is 0 Å². The van der Waals surface area contributed by atoms with Gasteiger partial charge in [0.25, 0.3) is 0 Å². The Balaban J connectivity index is 0.000000120. The Kier molecular flexibility index (Phi) is 4.62. The highest BCUT2D eigenvalue weighted by Gasteiger charge is 2.24. The Labute approximate surface area is 100 Å². The zero-order chi connectivity index (χ0) is 11.4. The van der Waals surface area contributed by atoms with E-state index in [9.17, 15) is 0 Å². The molecule has 4 aliphatic rings. The zero-order valence-electron chi connectivity index (χ0n) is 11.0. The van der Waals surface area contributed by atoms with E-state index in [0.717, 1.165) is 5.92 Å². The van der Waals surface area contributed by atoms with Gasteiger partial charge in [-0.1, -0.05) is 0 Å². The van der Waals surface area contributed by atoms with Crippen LogP contribution in [0.4, 0.5) is 0 Å². The first-order chi connectivity index (χ1) is 7.74. The second-order valence-electron chi connectivity index (χ2n) is 5.68. The third-order valence-electron chi connectivity index (χ3n) is 4.29. The van der Waals surface area contributed by atoms with E-state index < -0.39 is 0 Å². The van der Waals surface area contributed by atoms with Crippen LogP contribution in [0.15, 0.2) is 0 Å². The summed E-state index contributed by atoms with van der Waals surface area (Å²) in [5.41, 5.74) is 0. The number of hydrogen-bond donors (Lipinski definition) is 0. The van der Waals surface area contributed by atoms with Gasteiger partial charge in [-0.3, -0.25) is 0 Å². The van der Waals surface area contributed by atoms with Crippen molar-refractivity contribution in [3.63, 3.8) is 0 Å². The molecule has 0 N–H and O–H groups in total. The van der Waals surface area contributed by atoms with Crippen molar-refractivity contribution < 1.29 is 0 Å². The summed E-state index contributed by atoms with van der Waals surface area (Å²) in [5.74, 6) is 1.11. The second-order valence-corrected chi connectivity index (χ2v) is 5.68. The van der Waals surface area contributed by atoms with Crippen molar-refractivity contribution in [1.29, 1.82) is 0 Å². The number of likely N-dealkylation sites (N-methyl/N-ethyl adjacent to an activating group) is 2. The predicted molar refractivity (Wildman–Crippen MR) is 68.8 cm³/mol. The topological polar surface area (TPSA) is 9.72 Å². The normalized spacial score (nSPS) is 35.6. The molecule has 0 radical (unpaired) electrons. The Morgan fingerprint density at radius 2 is 1.00 bits per heavy atom. The Bertz CT molecular complexity index is 158. The Hall–Kier alpha value is -0.120. The van der Waals surface area contributed by atoms with Gasteiger partial charge in [0.15, 0.2) is 0 Å². The van der Waals surface area contributed by atoms with Crippen LogP contribution in [0, 0.1) is 5.92 Å². The number of fused-ring (bicyclic) bond motifs is 3. The third kappa shape index (κ3) is 3.72. The molecule has 0 amide bonds. The van der Waals surface area contributed by atoms with E-state index in [1.54, 1.807) is 0 Å². The molecule has 4 fully saturated rings. The maximum Gasteiger partial charge on any atom is 0.0107 e. The summed E-state index contributed by atoms with van der Waals surface area (Å²) in [4.78, 5) is 7.31. The van der Waals surface area contributed by atoms with Crippen LogP contribution in [-0.4, -0.2) is 74.6 Å². The highest BCUT2D eigenvalue weighted by Crippen LogP contribution is 2.26. The Morgan fingerprint density at radius 3 is 1.19 bits per heavy atom. The van der Waals surface area contributed by atoms with Crippen LogP contribution in [-0.2, 0) is 0 Å². The first kappa shape index (κ1) is 12.3. The van der Waals surface area contributed by atoms with E-state index in [1.165, 1.54) is 65.1 Å². The number of hydrogen-bond acceptors (Lipinski definition) is 3. The molecule has 0 aliphatic carbocycles. The molecule has 94 valence electrons. The quantitative estimate of drug-likeness (QED) is 0.608. The van der Waals surface area contributed by atoms with Crippen molar-refractivity contribution in [2.75, 3.05) is 59.9 Å². The SMILES string of the molecule is C1CN2CCC1CC2.CN1CCN(C)CC1. The highest BCUT2D eigenvalue weighted by atomic mass is 15.2. The lowest BCUT2D eigenvalue weighted by molar-refractivity contribution is 0.111. The van der Waals surface area contributed by atoms with Crippen LogP contribution in [0.1, 0.15) is 19.3 Å². The minimum Gasteiger partial charge on any atom is -0.304 e. The maximum atomic E-state index is 2.58. The van der Waals surface area contributed by atoms with Gasteiger partial charge in [0, 0.05) is 26.2 Å². The molecule has 16 heavy (non-hydrogen) atoms. The fraction of sp³-hybridized carbons (Fsp3) is 1.00. The van der Waals surface area contributed by atoms with Crippen LogP contribution < -0.4 is 0 Å². The lowest BCUT2D eigenvalue weighted by atomic mass is 9.89. The third-order valence-corrected chi connectivity index (χ3v) is 4.29. The van der Waals surface area contributed by atoms with E-state index in [2.05, 4.69) is 28.8 Å². The smallest absolute Gasteiger partial charge is 0.0107 e. The van der Waals surface area contributed by atoms with Crippen molar-refractivity contribution in [1.82, 2.24) is 14.7 Å². The Morgan fingerprint density at radius 1 is 0.625 bits per heavy atom. The lowest BCUT2D eigenvalue weighted by Gasteiger charge is -2.38. The molecule has 4 saturated heterocycles. The minimum absolute atomic E-state index is 1.11. The molecule has 0 unspecified atom stereocenters. The summed E-state index contributed by atoms with van der Waals surface area (Å²) in [6.07, 6.45) is 4.46. The summed E-state index contributed by atoms with van der Waals surface area (Å²) in [6, 6.07) is 0. The fourth-order valence-electron chi connectivity index (χ4n) is 2.77. The van der Waals surface area contributed by atoms with Crippen molar-refractivity contribution in [2.45, 2.75) is 19.3 Å². The summed E-state index contributed by atoms with van der Waals surface area (Å²) in [5, 5.41) is 0. The fourth-order valence-corrected chi connectivity index (χ4v) is 2.77. The standard InChI is InChI=1S/C7H13N.C6H14N2/c1-4-8-5-2-7(1)3-6-8;1-7-3-5-8(2)6-4-7/h7H,1-6H2;3-6H2,1-2H3. The van der Waals surface area contributed by atoms with Crippen molar-refractivity contribution in [3.8, 4) is 0 Å². The van der Waals surface area contributed by atoms with Gasteiger partial charge in [-0.05, 0) is 58.9 Å². The molecule has 2 bridgehead atoms. The van der Waals surface area contributed by atoms with Crippen molar-refractivity contribution >= 4 is 0 Å². The summed E-state index contributed by atoms with van der Waals surface area (Å²) < 4.78 is 0. The van der Waals surface area contributed by atoms with Crippen LogP contribution in [0.3, 0.4) is 0 Å². The average Bonchev–Trinajstić information content (AvgIpc) is 2.36. The largest absolute Gasteiger partial charge is 0.304 e. The summed E-state index contributed by atoms with van der Waals surface area (Å²) in [7, 11) is 4.35. The van der Waals surface area contributed by atoms with Gasteiger partial charge < -0.3 is 14.7 Å². The zero-order valence-corrected chi connectivity index (χ0v) is 11.0. The first-order valence-electron chi connectivity index (χ1n) is 6.83. The van der Waals surface area contributed by atoms with Gasteiger partial charge in [-0.2, -0.15) is 0 Å². The number of piperidine rings is 3. The van der Waals surface area contributed by atoms with Crippen molar-refractivity contribution in [2.24, 2.45) is 5.92 Å². The summed E-state index contributed by atoms with van der Waals surface area (Å²) in [6.45, 7) is 9.11. The second kappa shape index (κ2) is 5.99. The number of piperazine rings is 1. The van der Waals surface area contributed by atoms with Crippen LogP contribution in [0.25, 0.3) is 0 Å². The van der Waals surface area contributed by atoms with E-state index in [4.69, 9.17) is 0 Å². The van der Waals surface area contributed by atoms with Gasteiger partial charge in [-0.15, -0.1) is 0 Å². The molecule has 3 heteroatoms. The molecule has 0 saturated carbocycles. The van der Waals surface area contributed by atoms with E-state index >= 15 is 0 Å². The molecule has 0 aromatic rings. The lowest BCUT2D eigenvalue weighted by Crippen LogP contribution is -2.42. The van der Waals surface area contributed by atoms with Gasteiger partial charge >= 0.3 is 0 Å². The summed E-state index contributed by atoms with van der Waals surface area (Å²) >= 11 is 0. The van der Waals surface area contributed by atoms with Gasteiger partial charge in [-0.25, -0.2) is 0 Å². The van der Waals surface area contributed by atoms with Crippen LogP contribution in [0.5, 0.6) is 0 Å². The molecule has 4 heterocycles. The van der Waals surface area contributed by atoms with E-state index in [-0.39, 0.29) is 0 Å². The van der Waals surface area contributed by atoms with Gasteiger partial charge in [0.05, 0.1) is 0 Å². The van der Waals surface area contributed by atoms with E-state index in [1.807, 2.05) is 0 Å². The van der Waals surface area contributed by atoms with Crippen LogP contribution >= 0.6 is 0 Å². The first-order valence-corrected chi connectivity index (χ1v) is 6.83. The molecule has 0 aromatic heterocycles. The van der Waals surface area contributed by atoms with Crippen LogP contribution in [0.2, 0.25) is 0 Å². The average molecular weight is 225 g/mol. The number of nitrogens with zero attached hydrogens (tertiary/aromatic N) is 3. The highest BCUT2D eigenvalue weighted by molar-refractivity contribution is 4.78. The molecular formula is C13H27N3. The maximum absolute atomic E-state index is 2.58. The molecule has 0 aromatic carbocycles. The molecular weight excluding hydrogens is 198 g/mol. The molecule has 0 atom stereocenters. The monoisotopic (exact) mass is 225 g/mol. The number of rotatable bonds is 0. The van der Waals surface area contributed by atoms with E-state index in [0.29, 0.717) is 0 Å². The molecule has 4 aliphatic heterocycles. The molecule has 0 spiro atoms. The predicted octanol–water partition coefficient (Wildman–Crippen LogP) is 0.966. The molecule has 4 rings (SSSR count).